The van der Waals surface area contributed by atoms with E-state index in [-0.39, 0.29) is 21.3 Å². The fourth-order valence-corrected chi connectivity index (χ4v) is 3.28. The number of ether oxygens (including phenoxy) is 1. The molecule has 0 aromatic heterocycles. The maximum Gasteiger partial charge on any atom is 0.340 e. The lowest BCUT2D eigenvalue weighted by atomic mass is 9.98. The van der Waals surface area contributed by atoms with E-state index in [2.05, 4.69) is 0 Å². The predicted molar refractivity (Wildman–Crippen MR) is 99.8 cm³/mol. The first-order chi connectivity index (χ1) is 12.0. The van der Waals surface area contributed by atoms with E-state index in [1.807, 2.05) is 26.8 Å². The number of carbonyl (C=O) groups excluding carboxylic acids is 2. The second-order valence-corrected chi connectivity index (χ2v) is 8.59. The van der Waals surface area contributed by atoms with E-state index in [4.69, 9.17) is 16.3 Å². The molecule has 0 bridgehead atoms. The first kappa shape index (κ1) is 20.1. The van der Waals surface area contributed by atoms with Crippen molar-refractivity contribution in [3.63, 3.8) is 0 Å². The smallest absolute Gasteiger partial charge is 0.340 e. The van der Waals surface area contributed by atoms with Gasteiger partial charge in [-0.1, -0.05) is 17.7 Å². The minimum Gasteiger partial charge on any atom is -0.454 e. The van der Waals surface area contributed by atoms with Crippen LogP contribution in [0, 0.1) is 20.8 Å². The van der Waals surface area contributed by atoms with E-state index < -0.39 is 22.4 Å². The maximum absolute atomic E-state index is 12.4. The first-order valence-electron chi connectivity index (χ1n) is 7.78. The Morgan fingerprint density at radius 2 is 1.58 bits per heavy atom. The van der Waals surface area contributed by atoms with Gasteiger partial charge in [-0.2, -0.15) is 0 Å². The Morgan fingerprint density at radius 3 is 2.19 bits per heavy atom. The summed E-state index contributed by atoms with van der Waals surface area (Å²) in [7, 11) is -3.50. The van der Waals surface area contributed by atoms with Gasteiger partial charge in [-0.3, -0.25) is 4.79 Å². The predicted octanol–water partition coefficient (Wildman–Crippen LogP) is 3.71. The topological polar surface area (TPSA) is 77.5 Å². The molecular formula is C19H19ClO5S. The molecule has 0 aliphatic carbocycles. The van der Waals surface area contributed by atoms with E-state index in [9.17, 15) is 18.0 Å². The third-order valence-electron chi connectivity index (χ3n) is 4.06. The van der Waals surface area contributed by atoms with Crippen molar-refractivity contribution in [1.29, 1.82) is 0 Å². The highest BCUT2D eigenvalue weighted by atomic mass is 35.5. The second kappa shape index (κ2) is 7.60. The summed E-state index contributed by atoms with van der Waals surface area (Å²) in [5, 5.41) is 0.0530. The van der Waals surface area contributed by atoms with E-state index in [1.165, 1.54) is 12.1 Å². The highest BCUT2D eigenvalue weighted by Gasteiger charge is 2.19. The van der Waals surface area contributed by atoms with Gasteiger partial charge >= 0.3 is 5.97 Å². The maximum atomic E-state index is 12.4. The van der Waals surface area contributed by atoms with Gasteiger partial charge in [-0.05, 0) is 61.7 Å². The van der Waals surface area contributed by atoms with Gasteiger partial charge in [0.2, 0.25) is 5.78 Å². The van der Waals surface area contributed by atoms with Gasteiger partial charge in [0.15, 0.2) is 16.4 Å². The molecule has 2 aromatic rings. The fraction of sp³-hybridized carbons (Fsp3) is 0.263. The molecule has 0 saturated heterocycles. The summed E-state index contributed by atoms with van der Waals surface area (Å²) in [5.74, 6) is -1.19. The number of ketones is 1. The fourth-order valence-electron chi connectivity index (χ4n) is 2.44. The number of hydrogen-bond acceptors (Lipinski definition) is 5. The number of benzene rings is 2. The van der Waals surface area contributed by atoms with Gasteiger partial charge in [0, 0.05) is 11.8 Å². The lowest BCUT2D eigenvalue weighted by molar-refractivity contribution is 0.0474. The van der Waals surface area contributed by atoms with Gasteiger partial charge in [-0.15, -0.1) is 0 Å². The summed E-state index contributed by atoms with van der Waals surface area (Å²) < 4.78 is 28.3. The van der Waals surface area contributed by atoms with Gasteiger partial charge in [0.1, 0.15) is 0 Å². The van der Waals surface area contributed by atoms with Crippen molar-refractivity contribution in [1.82, 2.24) is 0 Å². The second-order valence-electron chi connectivity index (χ2n) is 6.16. The quantitative estimate of drug-likeness (QED) is 0.570. The number of carbonyl (C=O) groups is 2. The van der Waals surface area contributed by atoms with Crippen LogP contribution in [-0.2, 0) is 14.6 Å². The van der Waals surface area contributed by atoms with Crippen LogP contribution >= 0.6 is 11.6 Å². The van der Waals surface area contributed by atoms with Crippen LogP contribution in [-0.4, -0.2) is 33.0 Å². The summed E-state index contributed by atoms with van der Waals surface area (Å²) in [6, 6.07) is 7.42. The molecule has 0 aliphatic rings. The zero-order valence-corrected chi connectivity index (χ0v) is 16.5. The Morgan fingerprint density at radius 1 is 0.962 bits per heavy atom. The van der Waals surface area contributed by atoms with Crippen LogP contribution in [0.2, 0.25) is 5.02 Å². The average Bonchev–Trinajstić information content (AvgIpc) is 2.55. The molecule has 0 aliphatic heterocycles. The van der Waals surface area contributed by atoms with Crippen molar-refractivity contribution in [2.24, 2.45) is 0 Å². The van der Waals surface area contributed by atoms with Crippen molar-refractivity contribution in [2.75, 3.05) is 12.9 Å². The van der Waals surface area contributed by atoms with Crippen LogP contribution < -0.4 is 0 Å². The molecule has 5 nitrogen and oxygen atoms in total. The van der Waals surface area contributed by atoms with Crippen molar-refractivity contribution in [3.05, 3.63) is 63.2 Å². The molecular weight excluding hydrogens is 376 g/mol. The van der Waals surface area contributed by atoms with Gasteiger partial charge in [-0.25, -0.2) is 13.2 Å². The Labute approximate surface area is 157 Å². The third-order valence-corrected chi connectivity index (χ3v) is 5.50. The van der Waals surface area contributed by atoms with E-state index in [0.29, 0.717) is 5.56 Å². The molecule has 0 saturated carbocycles. The zero-order chi connectivity index (χ0) is 19.6. The van der Waals surface area contributed by atoms with Crippen LogP contribution in [0.3, 0.4) is 0 Å². The Balaban J connectivity index is 2.19. The minimum atomic E-state index is -3.50. The molecule has 2 rings (SSSR count). The van der Waals surface area contributed by atoms with Crippen LogP contribution in [0.5, 0.6) is 0 Å². The van der Waals surface area contributed by atoms with Crippen LogP contribution in [0.1, 0.15) is 37.4 Å². The van der Waals surface area contributed by atoms with Crippen molar-refractivity contribution in [2.45, 2.75) is 25.7 Å². The summed E-state index contributed by atoms with van der Waals surface area (Å²) in [4.78, 5) is 24.6. The molecule has 138 valence electrons. The van der Waals surface area contributed by atoms with Crippen molar-refractivity contribution in [3.8, 4) is 0 Å². The molecule has 0 fully saturated rings. The van der Waals surface area contributed by atoms with Gasteiger partial charge in [0.05, 0.1) is 15.5 Å². The summed E-state index contributed by atoms with van der Waals surface area (Å²) in [5.41, 5.74) is 3.22. The van der Waals surface area contributed by atoms with E-state index in [0.717, 1.165) is 29.0 Å². The molecule has 0 amide bonds. The Hall–Kier alpha value is -2.18. The lowest BCUT2D eigenvalue weighted by Gasteiger charge is -2.10. The van der Waals surface area contributed by atoms with Gasteiger partial charge in [0.25, 0.3) is 0 Å². The molecule has 0 atom stereocenters. The number of rotatable bonds is 5. The third kappa shape index (κ3) is 4.51. The van der Waals surface area contributed by atoms with Crippen molar-refractivity contribution >= 4 is 33.2 Å². The average molecular weight is 395 g/mol. The number of esters is 1. The number of Topliss-reactive ketones (excluding diaryl/α,β-unsaturated/α-hetero) is 1. The summed E-state index contributed by atoms with van der Waals surface area (Å²) >= 11 is 5.96. The van der Waals surface area contributed by atoms with Crippen LogP contribution in [0.25, 0.3) is 0 Å². The first-order valence-corrected chi connectivity index (χ1v) is 10.1. The molecule has 0 spiro atoms. The largest absolute Gasteiger partial charge is 0.454 e. The van der Waals surface area contributed by atoms with E-state index in [1.54, 1.807) is 6.07 Å². The highest BCUT2D eigenvalue weighted by molar-refractivity contribution is 7.90. The Bertz CT molecular complexity index is 993. The minimum absolute atomic E-state index is 0.0508. The summed E-state index contributed by atoms with van der Waals surface area (Å²) in [6.45, 7) is 5.21. The molecule has 0 radical (unpaired) electrons. The molecule has 0 N–H and O–H groups in total. The standard InChI is InChI=1S/C19H19ClO5S/c1-11-7-13(3)15(8-12(11)2)18(21)10-25-19(22)16-9-14(26(4,23)24)5-6-17(16)20/h5-9H,10H2,1-4H3. The number of aryl methyl sites for hydroxylation is 3. The molecule has 2 aromatic carbocycles. The number of hydrogen-bond donors (Lipinski definition) is 0. The van der Waals surface area contributed by atoms with Crippen LogP contribution in [0.15, 0.2) is 35.2 Å². The lowest BCUT2D eigenvalue weighted by Crippen LogP contribution is -2.16. The monoisotopic (exact) mass is 394 g/mol. The Kier molecular flexibility index (Phi) is 5.88. The molecule has 26 heavy (non-hydrogen) atoms. The molecule has 0 heterocycles. The van der Waals surface area contributed by atoms with Crippen molar-refractivity contribution < 1.29 is 22.7 Å². The van der Waals surface area contributed by atoms with E-state index >= 15 is 0 Å². The summed E-state index contributed by atoms with van der Waals surface area (Å²) in [6.07, 6.45) is 1.03. The van der Waals surface area contributed by atoms with Gasteiger partial charge < -0.3 is 4.74 Å². The van der Waals surface area contributed by atoms with Crippen LogP contribution in [0.4, 0.5) is 0 Å². The number of halogens is 1. The zero-order valence-electron chi connectivity index (χ0n) is 14.9. The highest BCUT2D eigenvalue weighted by Crippen LogP contribution is 2.22. The molecule has 0 unspecified atom stereocenters. The normalized spacial score (nSPS) is 11.3. The molecule has 7 heteroatoms. The number of sulfone groups is 1. The SMILES string of the molecule is Cc1cc(C)c(C(=O)COC(=O)c2cc(S(C)(=O)=O)ccc2Cl)cc1C.